The van der Waals surface area contributed by atoms with Crippen molar-refractivity contribution in [1.29, 1.82) is 0 Å². The molecule has 27 heavy (non-hydrogen) atoms. The Balaban J connectivity index is 1.45. The molecule has 146 valence electrons. The predicted molar refractivity (Wildman–Crippen MR) is 102 cm³/mol. The third kappa shape index (κ3) is 5.63. The van der Waals surface area contributed by atoms with E-state index in [1.54, 1.807) is 0 Å². The molecule has 0 aliphatic heterocycles. The second-order valence-corrected chi connectivity index (χ2v) is 7.97. The van der Waals surface area contributed by atoms with Crippen LogP contribution in [-0.2, 0) is 30.5 Å². The minimum atomic E-state index is -0.284. The highest BCUT2D eigenvalue weighted by Crippen LogP contribution is 2.28. The maximum Gasteiger partial charge on any atom is 0.279 e. The third-order valence-electron chi connectivity index (χ3n) is 4.59. The normalized spacial score (nSPS) is 14.1. The molecule has 2 heterocycles. The zero-order valence-corrected chi connectivity index (χ0v) is 16.5. The van der Waals surface area contributed by atoms with Gasteiger partial charge in [0.1, 0.15) is 0 Å². The summed E-state index contributed by atoms with van der Waals surface area (Å²) in [6.07, 6.45) is 9.19. The lowest BCUT2D eigenvalue weighted by molar-refractivity contribution is -0.121. The second-order valence-electron chi connectivity index (χ2n) is 6.83. The number of nitrogens with one attached hydrogen (secondary N) is 2. The van der Waals surface area contributed by atoms with Crippen LogP contribution in [-0.4, -0.2) is 22.0 Å². The monoisotopic (exact) mass is 390 g/mol. The van der Waals surface area contributed by atoms with Crippen molar-refractivity contribution in [2.75, 3.05) is 0 Å². The van der Waals surface area contributed by atoms with Crippen LogP contribution in [0.25, 0.3) is 0 Å². The maximum atomic E-state index is 12.3. The van der Waals surface area contributed by atoms with Gasteiger partial charge in [0, 0.05) is 24.1 Å². The molecule has 2 amide bonds. The predicted octanol–water partition coefficient (Wildman–Crippen LogP) is 3.14. The fourth-order valence-electron chi connectivity index (χ4n) is 3.14. The molecule has 2 N–H and O–H groups in total. The molecule has 7 nitrogen and oxygen atoms in total. The quantitative estimate of drug-likeness (QED) is 0.739. The van der Waals surface area contributed by atoms with Crippen LogP contribution < -0.4 is 10.9 Å². The van der Waals surface area contributed by atoms with Crippen molar-refractivity contribution in [1.82, 2.24) is 21.0 Å². The van der Waals surface area contributed by atoms with Gasteiger partial charge in [-0.2, -0.15) is 4.98 Å². The molecule has 0 fully saturated rings. The van der Waals surface area contributed by atoms with E-state index in [2.05, 4.69) is 21.0 Å². The molecule has 1 aliphatic carbocycles. The molecular formula is C19H26N4O3S. The fraction of sp³-hybridized carbons (Fsp3) is 0.579. The van der Waals surface area contributed by atoms with Crippen molar-refractivity contribution in [2.24, 2.45) is 0 Å². The number of carbonyl (C=O) groups is 2. The van der Waals surface area contributed by atoms with E-state index in [1.165, 1.54) is 47.5 Å². The Morgan fingerprint density at radius 2 is 1.96 bits per heavy atom. The minimum Gasteiger partial charge on any atom is -0.339 e. The minimum absolute atomic E-state index is 0.176. The second kappa shape index (κ2) is 9.64. The average molecular weight is 391 g/mol. The van der Waals surface area contributed by atoms with E-state index in [-0.39, 0.29) is 18.2 Å². The summed E-state index contributed by atoms with van der Waals surface area (Å²) in [6, 6.07) is 1.97. The van der Waals surface area contributed by atoms with Gasteiger partial charge in [-0.15, -0.1) is 11.3 Å². The highest BCUT2D eigenvalue weighted by Gasteiger charge is 2.16. The summed E-state index contributed by atoms with van der Waals surface area (Å²) < 4.78 is 5.10. The number of aryl methyl sites for hydroxylation is 4. The van der Waals surface area contributed by atoms with Crippen molar-refractivity contribution < 1.29 is 14.1 Å². The first kappa shape index (κ1) is 19.5. The van der Waals surface area contributed by atoms with Crippen LogP contribution in [0.3, 0.4) is 0 Å². The van der Waals surface area contributed by atoms with Gasteiger partial charge in [0.2, 0.25) is 11.8 Å². The molecule has 0 saturated heterocycles. The standard InChI is InChI=1S/C19H26N4O3S/c1-2-7-16-20-18(26-23-16)11-10-17(24)21-22-19(25)15-12-13-8-5-3-4-6-9-14(13)27-15/h12H,2-11H2,1H3,(H,21,24)(H,22,25). The molecule has 0 aromatic carbocycles. The van der Waals surface area contributed by atoms with E-state index in [0.29, 0.717) is 23.0 Å². The van der Waals surface area contributed by atoms with Crippen LogP contribution in [0, 0.1) is 0 Å². The Morgan fingerprint density at radius 1 is 1.15 bits per heavy atom. The van der Waals surface area contributed by atoms with E-state index in [9.17, 15) is 9.59 Å². The number of thiophene rings is 1. The molecule has 0 radical (unpaired) electrons. The summed E-state index contributed by atoms with van der Waals surface area (Å²) in [7, 11) is 0. The lowest BCUT2D eigenvalue weighted by atomic mass is 10.00. The number of hydrogen-bond acceptors (Lipinski definition) is 6. The Kier molecular flexibility index (Phi) is 6.98. The smallest absolute Gasteiger partial charge is 0.279 e. The fourth-order valence-corrected chi connectivity index (χ4v) is 4.29. The van der Waals surface area contributed by atoms with E-state index in [4.69, 9.17) is 4.52 Å². The van der Waals surface area contributed by atoms with Gasteiger partial charge in [-0.1, -0.05) is 24.9 Å². The van der Waals surface area contributed by atoms with Crippen LogP contribution in [0.5, 0.6) is 0 Å². The van der Waals surface area contributed by atoms with Gasteiger partial charge in [0.15, 0.2) is 5.82 Å². The zero-order valence-electron chi connectivity index (χ0n) is 15.7. The van der Waals surface area contributed by atoms with Crippen molar-refractivity contribution >= 4 is 23.2 Å². The summed E-state index contributed by atoms with van der Waals surface area (Å²) in [4.78, 5) is 30.5. The number of fused-ring (bicyclic) bond motifs is 1. The summed E-state index contributed by atoms with van der Waals surface area (Å²) in [5.74, 6) is 0.559. The van der Waals surface area contributed by atoms with Gasteiger partial charge in [0.25, 0.3) is 5.91 Å². The van der Waals surface area contributed by atoms with Crippen LogP contribution >= 0.6 is 11.3 Å². The topological polar surface area (TPSA) is 97.1 Å². The first-order valence-electron chi connectivity index (χ1n) is 9.68. The Hall–Kier alpha value is -2.22. The molecule has 0 saturated carbocycles. The SMILES string of the molecule is CCCc1noc(CCC(=O)NNC(=O)c2cc3c(s2)CCCCCC3)n1. The van der Waals surface area contributed by atoms with Gasteiger partial charge in [0.05, 0.1) is 4.88 Å². The number of amides is 2. The highest BCUT2D eigenvalue weighted by atomic mass is 32.1. The largest absolute Gasteiger partial charge is 0.339 e. The Bertz CT molecular complexity index is 758. The lowest BCUT2D eigenvalue weighted by Gasteiger charge is -2.07. The van der Waals surface area contributed by atoms with Crippen molar-refractivity contribution in [3.8, 4) is 0 Å². The van der Waals surface area contributed by atoms with Crippen LogP contribution in [0.1, 0.15) is 77.3 Å². The van der Waals surface area contributed by atoms with Gasteiger partial charge in [-0.3, -0.25) is 20.4 Å². The van der Waals surface area contributed by atoms with E-state index in [0.717, 1.165) is 25.7 Å². The van der Waals surface area contributed by atoms with Gasteiger partial charge in [-0.05, 0) is 43.7 Å². The number of nitrogens with zero attached hydrogens (tertiary/aromatic N) is 2. The molecule has 2 aromatic heterocycles. The first-order chi connectivity index (χ1) is 13.2. The molecule has 0 atom stereocenters. The molecule has 1 aliphatic rings. The summed E-state index contributed by atoms with van der Waals surface area (Å²) in [5, 5.41) is 3.86. The molecule has 2 aromatic rings. The molecule has 0 spiro atoms. The van der Waals surface area contributed by atoms with Crippen LogP contribution in [0.2, 0.25) is 0 Å². The lowest BCUT2D eigenvalue weighted by Crippen LogP contribution is -2.41. The van der Waals surface area contributed by atoms with E-state index in [1.807, 2.05) is 13.0 Å². The average Bonchev–Trinajstić information content (AvgIpc) is 3.25. The Morgan fingerprint density at radius 3 is 2.78 bits per heavy atom. The number of rotatable bonds is 6. The molecular weight excluding hydrogens is 364 g/mol. The summed E-state index contributed by atoms with van der Waals surface area (Å²) >= 11 is 1.54. The van der Waals surface area contributed by atoms with Crippen LogP contribution in [0.4, 0.5) is 0 Å². The van der Waals surface area contributed by atoms with Crippen molar-refractivity contribution in [3.63, 3.8) is 0 Å². The molecule has 0 bridgehead atoms. The number of carbonyl (C=O) groups excluding carboxylic acids is 2. The molecule has 8 heteroatoms. The Labute approximate surface area is 162 Å². The first-order valence-corrected chi connectivity index (χ1v) is 10.5. The number of aromatic nitrogens is 2. The van der Waals surface area contributed by atoms with Gasteiger partial charge < -0.3 is 4.52 Å². The number of hydrazine groups is 1. The van der Waals surface area contributed by atoms with Crippen molar-refractivity contribution in [3.05, 3.63) is 33.1 Å². The van der Waals surface area contributed by atoms with Crippen molar-refractivity contribution in [2.45, 2.75) is 71.1 Å². The zero-order chi connectivity index (χ0) is 19.1. The third-order valence-corrected chi connectivity index (χ3v) is 5.82. The van der Waals surface area contributed by atoms with Gasteiger partial charge >= 0.3 is 0 Å². The van der Waals surface area contributed by atoms with Crippen LogP contribution in [0.15, 0.2) is 10.6 Å². The highest BCUT2D eigenvalue weighted by molar-refractivity contribution is 7.14. The van der Waals surface area contributed by atoms with E-state index >= 15 is 0 Å². The summed E-state index contributed by atoms with van der Waals surface area (Å²) in [5.41, 5.74) is 6.26. The van der Waals surface area contributed by atoms with E-state index < -0.39 is 0 Å². The maximum absolute atomic E-state index is 12.3. The summed E-state index contributed by atoms with van der Waals surface area (Å²) in [6.45, 7) is 2.04. The van der Waals surface area contributed by atoms with Gasteiger partial charge in [-0.25, -0.2) is 0 Å². The molecule has 3 rings (SSSR count). The molecule has 0 unspecified atom stereocenters. The number of hydrogen-bond donors (Lipinski definition) is 2.